The van der Waals surface area contributed by atoms with Gasteiger partial charge in [0.15, 0.2) is 0 Å². The van der Waals surface area contributed by atoms with Crippen LogP contribution in [-0.2, 0) is 20.1 Å². The Labute approximate surface area is 42.8 Å². The van der Waals surface area contributed by atoms with Gasteiger partial charge in [-0.25, -0.2) is 0 Å². The van der Waals surface area contributed by atoms with Crippen LogP contribution in [0.1, 0.15) is 0 Å². The van der Waals surface area contributed by atoms with Gasteiger partial charge >= 0.3 is 20.1 Å². The summed E-state index contributed by atoms with van der Waals surface area (Å²) in [5, 5.41) is 0. The van der Waals surface area contributed by atoms with Crippen LogP contribution in [-0.4, -0.2) is 21.9 Å². The summed E-state index contributed by atoms with van der Waals surface area (Å²) >= 11 is 0. The third kappa shape index (κ3) is 116. The zero-order valence-electron chi connectivity index (χ0n) is 2.17. The molecule has 0 saturated carbocycles. The maximum absolute atomic E-state index is 0. The molecule has 0 bridgehead atoms. The van der Waals surface area contributed by atoms with Gasteiger partial charge in [-0.15, -0.1) is 0 Å². The minimum absolute atomic E-state index is 0. The van der Waals surface area contributed by atoms with Gasteiger partial charge in [0.2, 0.25) is 0 Å². The second-order valence-electron chi connectivity index (χ2n) is 0. The van der Waals surface area contributed by atoms with E-state index >= 15 is 0 Å². The summed E-state index contributed by atoms with van der Waals surface area (Å²) in [5.41, 5.74) is 0. The Hall–Kier alpha value is 0.489. The van der Waals surface area contributed by atoms with Crippen molar-refractivity contribution in [3.05, 3.63) is 0 Å². The largest absolute Gasteiger partial charge is 4.00 e. The summed E-state index contributed by atoms with van der Waals surface area (Å²) < 4.78 is 0. The Bertz CT molecular complexity index is 3.61. The van der Waals surface area contributed by atoms with E-state index in [0.717, 1.165) is 0 Å². The molecule has 5 heteroatoms. The number of rotatable bonds is 0. The van der Waals surface area contributed by atoms with Crippen LogP contribution in [0.4, 0.5) is 0 Å². The van der Waals surface area contributed by atoms with Crippen LogP contribution in [0.15, 0.2) is 0 Å². The fourth-order valence-electron chi connectivity index (χ4n) is 0. The first kappa shape index (κ1) is 462. The Kier molecular flexibility index (Phi) is 21100. The second-order valence-corrected chi connectivity index (χ2v) is 0. The second kappa shape index (κ2) is 228. The van der Waals surface area contributed by atoms with Crippen molar-refractivity contribution in [3.8, 4) is 0 Å². The molecular formula is H4O4Tc. The Balaban J connectivity index is 0. The summed E-state index contributed by atoms with van der Waals surface area (Å²) in [5.74, 6) is 0. The van der Waals surface area contributed by atoms with Crippen LogP contribution in [0.2, 0.25) is 0 Å². The summed E-state index contributed by atoms with van der Waals surface area (Å²) in [6.07, 6.45) is 0. The van der Waals surface area contributed by atoms with Crippen LogP contribution in [0, 0.1) is 0 Å². The van der Waals surface area contributed by atoms with Crippen LogP contribution in [0.3, 0.4) is 0 Å². The molecular weight excluding hydrogens is 162 g/mol. The molecule has 0 heterocycles. The molecule has 0 rings (SSSR count). The Morgan fingerprint density at radius 3 is 0.400 bits per heavy atom. The van der Waals surface area contributed by atoms with E-state index in [0.29, 0.717) is 0 Å². The molecule has 0 aliphatic heterocycles. The van der Waals surface area contributed by atoms with Gasteiger partial charge in [0.1, 0.15) is 0 Å². The van der Waals surface area contributed by atoms with Gasteiger partial charge in [-0.05, 0) is 0 Å². The molecule has 35 valence electrons. The zero-order chi connectivity index (χ0) is 0. The first-order valence-corrected chi connectivity index (χ1v) is 0. The van der Waals surface area contributed by atoms with Gasteiger partial charge in [-0.1, -0.05) is 0 Å². The standard InChI is InChI=1S/4H2O.Tc/h4*1H2;/q;;;;+4/p-4. The van der Waals surface area contributed by atoms with Crippen molar-refractivity contribution in [2.75, 3.05) is 0 Å². The van der Waals surface area contributed by atoms with Crippen LogP contribution in [0.5, 0.6) is 0 Å². The quantitative estimate of drug-likeness (QED) is 0.471. The van der Waals surface area contributed by atoms with E-state index in [4.69, 9.17) is 0 Å². The third-order valence-electron chi connectivity index (χ3n) is 0. The van der Waals surface area contributed by atoms with Crippen LogP contribution in [0.25, 0.3) is 0 Å². The first-order valence-electron chi connectivity index (χ1n) is 0. The van der Waals surface area contributed by atoms with Gasteiger partial charge in [-0.2, -0.15) is 0 Å². The average Bonchev–Trinajstić information content (AvgIpc) is 0. The molecule has 4 nitrogen and oxygen atoms in total. The molecule has 0 aromatic carbocycles. The van der Waals surface area contributed by atoms with Crippen molar-refractivity contribution in [2.24, 2.45) is 0 Å². The maximum atomic E-state index is 0. The molecule has 0 aromatic rings. The van der Waals surface area contributed by atoms with E-state index in [-0.39, 0.29) is 42.0 Å². The minimum Gasteiger partial charge on any atom is -0.870 e. The molecule has 4 N–H and O–H groups in total. The van der Waals surface area contributed by atoms with E-state index < -0.39 is 0 Å². The molecule has 1 radical (unpaired) electrons. The summed E-state index contributed by atoms with van der Waals surface area (Å²) in [6, 6.07) is 0. The fraction of sp³-hybridized carbons (Fsp3) is 0. The van der Waals surface area contributed by atoms with Crippen LogP contribution < -0.4 is 0 Å². The van der Waals surface area contributed by atoms with Crippen molar-refractivity contribution >= 4 is 0 Å². The number of hydrogen-bond donors (Lipinski definition) is 0. The molecule has 0 aromatic heterocycles. The van der Waals surface area contributed by atoms with Crippen LogP contribution >= 0.6 is 0 Å². The van der Waals surface area contributed by atoms with Gasteiger partial charge in [0.25, 0.3) is 0 Å². The van der Waals surface area contributed by atoms with Crippen molar-refractivity contribution < 1.29 is 42.0 Å². The molecule has 0 aliphatic carbocycles. The van der Waals surface area contributed by atoms with Crippen molar-refractivity contribution in [1.82, 2.24) is 0 Å². The summed E-state index contributed by atoms with van der Waals surface area (Å²) in [4.78, 5) is 0. The minimum atomic E-state index is 0. The van der Waals surface area contributed by atoms with E-state index in [9.17, 15) is 0 Å². The number of hydrogen-bond acceptors (Lipinski definition) is 4. The van der Waals surface area contributed by atoms with Crippen molar-refractivity contribution in [3.63, 3.8) is 0 Å². The molecule has 0 spiro atoms. The smallest absolute Gasteiger partial charge is 0.870 e. The molecule has 0 unspecified atom stereocenters. The van der Waals surface area contributed by atoms with Crippen molar-refractivity contribution in [2.45, 2.75) is 0 Å². The Morgan fingerprint density at radius 2 is 0.400 bits per heavy atom. The SMILES string of the molecule is [OH-].[OH-].[OH-].[OH-].[Tc+4]. The molecule has 5 heavy (non-hydrogen) atoms. The maximum Gasteiger partial charge on any atom is 4.00 e. The third-order valence-corrected chi connectivity index (χ3v) is 0. The monoisotopic (exact) mass is 165 g/mol. The van der Waals surface area contributed by atoms with E-state index in [1.807, 2.05) is 0 Å². The van der Waals surface area contributed by atoms with E-state index in [1.165, 1.54) is 0 Å². The van der Waals surface area contributed by atoms with Gasteiger partial charge < -0.3 is 21.9 Å². The predicted molar refractivity (Wildman–Crippen MR) is 7.74 cm³/mol. The predicted octanol–water partition coefficient (Wildman–Crippen LogP) is -0.710. The molecule has 0 amide bonds. The summed E-state index contributed by atoms with van der Waals surface area (Å²) in [7, 11) is 0. The molecule has 0 fully saturated rings. The zero-order valence-corrected chi connectivity index (χ0v) is 4.02. The molecule has 0 atom stereocenters. The Morgan fingerprint density at radius 1 is 0.400 bits per heavy atom. The van der Waals surface area contributed by atoms with E-state index in [2.05, 4.69) is 0 Å². The molecule has 0 aliphatic rings. The van der Waals surface area contributed by atoms with Gasteiger partial charge in [-0.3, -0.25) is 0 Å². The topological polar surface area (TPSA) is 120 Å². The normalized spacial score (nSPS) is 0. The first-order chi connectivity index (χ1) is 0. The molecule has 0 saturated heterocycles. The summed E-state index contributed by atoms with van der Waals surface area (Å²) in [6.45, 7) is 0. The van der Waals surface area contributed by atoms with E-state index in [1.54, 1.807) is 0 Å². The fourth-order valence-corrected chi connectivity index (χ4v) is 0. The average molecular weight is 166 g/mol. The van der Waals surface area contributed by atoms with Crippen molar-refractivity contribution in [1.29, 1.82) is 0 Å². The van der Waals surface area contributed by atoms with Gasteiger partial charge in [0, 0.05) is 0 Å². The van der Waals surface area contributed by atoms with Gasteiger partial charge in [0.05, 0.1) is 0 Å².